The van der Waals surface area contributed by atoms with Crippen molar-refractivity contribution in [2.75, 3.05) is 13.2 Å². The van der Waals surface area contributed by atoms with E-state index in [0.717, 1.165) is 30.6 Å². The van der Waals surface area contributed by atoms with E-state index in [-0.39, 0.29) is 10.8 Å². The molecular formula is C22H27N3O4S. The van der Waals surface area contributed by atoms with Crippen LogP contribution in [0.3, 0.4) is 0 Å². The third-order valence-electron chi connectivity index (χ3n) is 4.69. The number of amidine groups is 1. The van der Waals surface area contributed by atoms with E-state index in [1.807, 2.05) is 31.2 Å². The van der Waals surface area contributed by atoms with Gasteiger partial charge in [-0.05, 0) is 49.6 Å². The number of amides is 1. The summed E-state index contributed by atoms with van der Waals surface area (Å²) >= 11 is 0. The molecule has 3 rings (SSSR count). The van der Waals surface area contributed by atoms with Crippen molar-refractivity contribution in [2.24, 2.45) is 4.99 Å². The fourth-order valence-electron chi connectivity index (χ4n) is 3.22. The zero-order valence-electron chi connectivity index (χ0n) is 17.1. The van der Waals surface area contributed by atoms with E-state index in [1.165, 1.54) is 0 Å². The second-order valence-electron chi connectivity index (χ2n) is 7.00. The normalized spacial score (nSPS) is 15.4. The van der Waals surface area contributed by atoms with Gasteiger partial charge in [-0.3, -0.25) is 14.5 Å². The molecule has 0 fully saturated rings. The molecule has 0 aliphatic carbocycles. The molecule has 1 aliphatic rings. The van der Waals surface area contributed by atoms with Crippen molar-refractivity contribution in [3.63, 3.8) is 0 Å². The largest absolute Gasteiger partial charge is 0.494 e. The van der Waals surface area contributed by atoms with E-state index < -0.39 is 10.0 Å². The average molecular weight is 430 g/mol. The summed E-state index contributed by atoms with van der Waals surface area (Å²) < 4.78 is 32.1. The topological polar surface area (TPSA) is 96.9 Å². The third kappa shape index (κ3) is 5.82. The lowest BCUT2D eigenvalue weighted by atomic mass is 10.1. The highest BCUT2D eigenvalue weighted by atomic mass is 32.2. The van der Waals surface area contributed by atoms with Crippen LogP contribution >= 0.6 is 0 Å². The first-order valence-corrected chi connectivity index (χ1v) is 11.6. The first-order chi connectivity index (χ1) is 14.5. The Morgan fingerprint density at radius 2 is 1.93 bits per heavy atom. The van der Waals surface area contributed by atoms with Crippen molar-refractivity contribution in [3.05, 3.63) is 59.7 Å². The molecule has 2 N–H and O–H groups in total. The van der Waals surface area contributed by atoms with E-state index in [9.17, 15) is 13.2 Å². The lowest BCUT2D eigenvalue weighted by Crippen LogP contribution is -2.22. The number of benzene rings is 2. The van der Waals surface area contributed by atoms with E-state index in [1.54, 1.807) is 24.3 Å². The number of rotatable bonds is 10. The maximum atomic E-state index is 12.0. The van der Waals surface area contributed by atoms with E-state index in [2.05, 4.69) is 15.0 Å². The Kier molecular flexibility index (Phi) is 7.46. The van der Waals surface area contributed by atoms with Crippen LogP contribution in [0.1, 0.15) is 43.7 Å². The van der Waals surface area contributed by atoms with Crippen molar-refractivity contribution in [3.8, 4) is 5.75 Å². The Labute approximate surface area is 177 Å². The maximum Gasteiger partial charge on any atom is 0.263 e. The van der Waals surface area contributed by atoms with Crippen molar-refractivity contribution >= 4 is 21.8 Å². The molecule has 1 aliphatic heterocycles. The average Bonchev–Trinajstić information content (AvgIpc) is 3.00. The fourth-order valence-corrected chi connectivity index (χ4v) is 4.47. The predicted molar refractivity (Wildman–Crippen MR) is 116 cm³/mol. The van der Waals surface area contributed by atoms with Gasteiger partial charge in [-0.15, -0.1) is 0 Å². The molecule has 0 aromatic heterocycles. The number of nitrogens with zero attached hydrogens (tertiary/aromatic N) is 1. The van der Waals surface area contributed by atoms with Gasteiger partial charge in [0.05, 0.1) is 11.5 Å². The van der Waals surface area contributed by atoms with Crippen LogP contribution in [-0.4, -0.2) is 33.3 Å². The number of nitrogens with one attached hydrogen (secondary N) is 2. The van der Waals surface area contributed by atoms with Crippen LogP contribution in [0.2, 0.25) is 0 Å². The van der Waals surface area contributed by atoms with Gasteiger partial charge < -0.3 is 10.1 Å². The van der Waals surface area contributed by atoms with Gasteiger partial charge in [-0.1, -0.05) is 30.7 Å². The van der Waals surface area contributed by atoms with Gasteiger partial charge in [0, 0.05) is 25.1 Å². The summed E-state index contributed by atoms with van der Waals surface area (Å²) in [6, 6.07) is 14.5. The van der Waals surface area contributed by atoms with Gasteiger partial charge in [0.25, 0.3) is 10.0 Å². The molecule has 160 valence electrons. The molecular weight excluding hydrogens is 402 g/mol. The summed E-state index contributed by atoms with van der Waals surface area (Å²) in [6.45, 7) is 3.54. The van der Waals surface area contributed by atoms with E-state index in [0.29, 0.717) is 37.5 Å². The Bertz CT molecular complexity index is 1020. The van der Waals surface area contributed by atoms with E-state index in [4.69, 9.17) is 4.74 Å². The second kappa shape index (κ2) is 10.2. The van der Waals surface area contributed by atoms with Gasteiger partial charge in [-0.25, -0.2) is 8.42 Å². The Morgan fingerprint density at radius 3 is 2.77 bits per heavy atom. The third-order valence-corrected chi connectivity index (χ3v) is 6.09. The van der Waals surface area contributed by atoms with Crippen LogP contribution in [0, 0.1) is 0 Å². The predicted octanol–water partition coefficient (Wildman–Crippen LogP) is 3.00. The second-order valence-corrected chi connectivity index (χ2v) is 8.65. The van der Waals surface area contributed by atoms with Crippen LogP contribution in [-0.2, 0) is 21.4 Å². The SMILES string of the molecule is CCOc1cccc(CNC(=O)CCCCCN=C2NS(=O)(=O)c3ccccc32)c1. The van der Waals surface area contributed by atoms with Crippen molar-refractivity contribution < 1.29 is 17.9 Å². The number of fused-ring (bicyclic) bond motifs is 1. The standard InChI is InChI=1S/C22H27N3O4S/c1-2-29-18-10-8-9-17(15-18)16-24-21(26)13-4-3-7-14-23-22-19-11-5-6-12-20(19)30(27,28)25-22/h5-6,8-12,15H,2-4,7,13-14,16H2,1H3,(H,23,25)(H,24,26). The number of carbonyl (C=O) groups excluding carboxylic acids is 1. The lowest BCUT2D eigenvalue weighted by molar-refractivity contribution is -0.121. The number of aliphatic imine (C=N–C) groups is 1. The summed E-state index contributed by atoms with van der Waals surface area (Å²) in [5, 5.41) is 2.93. The molecule has 8 heteroatoms. The molecule has 0 radical (unpaired) electrons. The number of ether oxygens (including phenoxy) is 1. The minimum absolute atomic E-state index is 0.0145. The molecule has 0 bridgehead atoms. The van der Waals surface area contributed by atoms with Crippen molar-refractivity contribution in [1.29, 1.82) is 0 Å². The highest BCUT2D eigenvalue weighted by molar-refractivity contribution is 7.90. The molecule has 2 aromatic carbocycles. The summed E-state index contributed by atoms with van der Waals surface area (Å²) in [6.07, 6.45) is 2.85. The highest BCUT2D eigenvalue weighted by Gasteiger charge is 2.29. The van der Waals surface area contributed by atoms with Gasteiger partial charge in [0.1, 0.15) is 11.6 Å². The van der Waals surface area contributed by atoms with Crippen molar-refractivity contribution in [1.82, 2.24) is 10.0 Å². The Morgan fingerprint density at radius 1 is 1.10 bits per heavy atom. The quantitative estimate of drug-likeness (QED) is 0.568. The molecule has 0 spiro atoms. The number of hydrogen-bond acceptors (Lipinski definition) is 5. The number of carbonyl (C=O) groups is 1. The smallest absolute Gasteiger partial charge is 0.263 e. The van der Waals surface area contributed by atoms with Gasteiger partial charge >= 0.3 is 0 Å². The Hall–Kier alpha value is -2.87. The summed E-state index contributed by atoms with van der Waals surface area (Å²) in [5.41, 5.74) is 1.62. The lowest BCUT2D eigenvalue weighted by Gasteiger charge is -2.08. The maximum absolute atomic E-state index is 12.0. The molecule has 0 unspecified atom stereocenters. The molecule has 7 nitrogen and oxygen atoms in total. The first kappa shape index (κ1) is 21.8. The van der Waals surface area contributed by atoms with Crippen LogP contribution < -0.4 is 14.8 Å². The summed E-state index contributed by atoms with van der Waals surface area (Å²) in [7, 11) is -3.49. The molecule has 0 atom stereocenters. The zero-order valence-corrected chi connectivity index (χ0v) is 17.9. The van der Waals surface area contributed by atoms with Crippen LogP contribution in [0.25, 0.3) is 0 Å². The Balaban J connectivity index is 1.35. The number of sulfonamides is 1. The van der Waals surface area contributed by atoms with Gasteiger partial charge in [-0.2, -0.15) is 0 Å². The minimum Gasteiger partial charge on any atom is -0.494 e. The highest BCUT2D eigenvalue weighted by Crippen LogP contribution is 2.22. The minimum atomic E-state index is -3.49. The molecule has 2 aromatic rings. The van der Waals surface area contributed by atoms with Crippen LogP contribution in [0.4, 0.5) is 0 Å². The molecule has 0 saturated carbocycles. The van der Waals surface area contributed by atoms with Gasteiger partial charge in [0.2, 0.25) is 5.91 Å². The fraction of sp³-hybridized carbons (Fsp3) is 0.364. The van der Waals surface area contributed by atoms with Gasteiger partial charge in [0.15, 0.2) is 0 Å². The monoisotopic (exact) mass is 429 g/mol. The number of hydrogen-bond donors (Lipinski definition) is 2. The van der Waals surface area contributed by atoms with E-state index >= 15 is 0 Å². The first-order valence-electron chi connectivity index (χ1n) is 10.1. The number of unbranched alkanes of at least 4 members (excludes halogenated alkanes) is 2. The summed E-state index contributed by atoms with van der Waals surface area (Å²) in [5.74, 6) is 1.22. The molecule has 1 amide bonds. The molecule has 0 saturated heterocycles. The summed E-state index contributed by atoms with van der Waals surface area (Å²) in [4.78, 5) is 16.7. The van der Waals surface area contributed by atoms with Crippen LogP contribution in [0.15, 0.2) is 58.4 Å². The van der Waals surface area contributed by atoms with Crippen molar-refractivity contribution in [2.45, 2.75) is 44.0 Å². The zero-order chi connectivity index (χ0) is 21.4. The molecule has 30 heavy (non-hydrogen) atoms. The van der Waals surface area contributed by atoms with Crippen LogP contribution in [0.5, 0.6) is 5.75 Å². The molecule has 1 heterocycles.